The molecular weight excluding hydrogens is 392 g/mol. The molecule has 1 heterocycles. The van der Waals surface area contributed by atoms with Gasteiger partial charge in [0.1, 0.15) is 5.75 Å². The Morgan fingerprint density at radius 3 is 2.16 bits per heavy atom. The second kappa shape index (κ2) is 6.54. The number of allylic oxidation sites excluding steroid dienone is 2. The topological polar surface area (TPSA) is 75.7 Å². The molecule has 1 aliphatic heterocycles. The van der Waals surface area contributed by atoms with Crippen molar-refractivity contribution < 1.29 is 19.1 Å². The summed E-state index contributed by atoms with van der Waals surface area (Å²) < 4.78 is 5.27. The number of anilines is 2. The van der Waals surface area contributed by atoms with E-state index in [-0.39, 0.29) is 41.4 Å². The van der Waals surface area contributed by atoms with Crippen molar-refractivity contribution in [1.82, 2.24) is 0 Å². The fourth-order valence-corrected chi connectivity index (χ4v) is 5.92. The van der Waals surface area contributed by atoms with E-state index in [1.807, 2.05) is 12.1 Å². The molecule has 156 valence electrons. The number of amides is 3. The molecule has 2 bridgehead atoms. The molecule has 2 aromatic carbocycles. The third-order valence-electron chi connectivity index (χ3n) is 7.41. The molecule has 5 aliphatic rings. The van der Waals surface area contributed by atoms with Gasteiger partial charge in [0.05, 0.1) is 30.3 Å². The van der Waals surface area contributed by atoms with Crippen LogP contribution in [-0.4, -0.2) is 24.8 Å². The van der Waals surface area contributed by atoms with E-state index in [1.54, 1.807) is 43.5 Å². The van der Waals surface area contributed by atoms with Gasteiger partial charge in [0.15, 0.2) is 0 Å². The number of rotatable bonds is 4. The Hall–Kier alpha value is -3.41. The van der Waals surface area contributed by atoms with Crippen molar-refractivity contribution in [3.8, 4) is 5.75 Å². The predicted octanol–water partition coefficient (Wildman–Crippen LogP) is 3.51. The van der Waals surface area contributed by atoms with Gasteiger partial charge in [-0.1, -0.05) is 24.3 Å². The first-order valence-corrected chi connectivity index (χ1v) is 10.7. The van der Waals surface area contributed by atoms with E-state index in [0.717, 1.165) is 6.42 Å². The fourth-order valence-electron chi connectivity index (χ4n) is 5.92. The number of hydrogen-bond donors (Lipinski definition) is 1. The maximum Gasteiger partial charge on any atom is 0.255 e. The predicted molar refractivity (Wildman–Crippen MR) is 115 cm³/mol. The number of benzene rings is 2. The quantitative estimate of drug-likeness (QED) is 0.614. The van der Waals surface area contributed by atoms with Crippen LogP contribution in [0.5, 0.6) is 5.75 Å². The van der Waals surface area contributed by atoms with Crippen molar-refractivity contribution in [3.05, 3.63) is 66.2 Å². The minimum atomic E-state index is -0.286. The molecule has 6 nitrogen and oxygen atoms in total. The van der Waals surface area contributed by atoms with E-state index in [4.69, 9.17) is 4.74 Å². The molecule has 3 fully saturated rings. The molecule has 6 atom stereocenters. The maximum atomic E-state index is 13.2. The van der Waals surface area contributed by atoms with Crippen LogP contribution in [0.15, 0.2) is 60.7 Å². The van der Waals surface area contributed by atoms with Crippen LogP contribution < -0.4 is 15.0 Å². The summed E-state index contributed by atoms with van der Waals surface area (Å²) in [6, 6.07) is 13.8. The van der Waals surface area contributed by atoms with Crippen LogP contribution >= 0.6 is 0 Å². The summed E-state index contributed by atoms with van der Waals surface area (Å²) in [4.78, 5) is 40.4. The lowest BCUT2D eigenvalue weighted by molar-refractivity contribution is -0.124. The van der Waals surface area contributed by atoms with Gasteiger partial charge in [-0.25, -0.2) is 0 Å². The van der Waals surface area contributed by atoms with E-state index < -0.39 is 0 Å². The van der Waals surface area contributed by atoms with Gasteiger partial charge in [0.25, 0.3) is 5.91 Å². The van der Waals surface area contributed by atoms with Crippen molar-refractivity contribution in [2.24, 2.45) is 35.5 Å². The number of nitrogens with zero attached hydrogens (tertiary/aromatic N) is 1. The zero-order valence-electron chi connectivity index (χ0n) is 17.0. The average molecular weight is 414 g/mol. The van der Waals surface area contributed by atoms with Crippen LogP contribution in [-0.2, 0) is 9.59 Å². The van der Waals surface area contributed by atoms with E-state index in [1.165, 1.54) is 4.90 Å². The molecule has 0 unspecified atom stereocenters. The Balaban J connectivity index is 1.23. The first-order chi connectivity index (χ1) is 15.1. The Bertz CT molecular complexity index is 1100. The van der Waals surface area contributed by atoms with Gasteiger partial charge in [0, 0.05) is 5.56 Å². The summed E-state index contributed by atoms with van der Waals surface area (Å²) in [5, 5.41) is 2.83. The van der Waals surface area contributed by atoms with Crippen LogP contribution in [0, 0.1) is 35.5 Å². The molecule has 0 radical (unpaired) electrons. The van der Waals surface area contributed by atoms with Gasteiger partial charge >= 0.3 is 0 Å². The van der Waals surface area contributed by atoms with E-state index >= 15 is 0 Å². The lowest BCUT2D eigenvalue weighted by Gasteiger charge is -2.37. The molecule has 0 aromatic heterocycles. The van der Waals surface area contributed by atoms with Crippen molar-refractivity contribution in [3.63, 3.8) is 0 Å². The summed E-state index contributed by atoms with van der Waals surface area (Å²) in [6.45, 7) is 0. The Morgan fingerprint density at radius 1 is 0.935 bits per heavy atom. The monoisotopic (exact) mass is 414 g/mol. The maximum absolute atomic E-state index is 13.2. The number of carbonyl (C=O) groups excluding carboxylic acids is 3. The molecule has 3 amide bonds. The molecular formula is C25H22N2O4. The number of methoxy groups -OCH3 is 1. The van der Waals surface area contributed by atoms with Crippen molar-refractivity contribution in [2.75, 3.05) is 17.3 Å². The Labute approximate surface area is 179 Å². The van der Waals surface area contributed by atoms with Crippen LogP contribution in [0.1, 0.15) is 16.8 Å². The smallest absolute Gasteiger partial charge is 0.255 e. The molecule has 0 spiro atoms. The molecule has 7 rings (SSSR count). The second-order valence-corrected chi connectivity index (χ2v) is 8.87. The van der Waals surface area contributed by atoms with Crippen molar-refractivity contribution in [1.29, 1.82) is 0 Å². The summed E-state index contributed by atoms with van der Waals surface area (Å²) in [6.07, 6.45) is 5.48. The highest BCUT2D eigenvalue weighted by atomic mass is 16.5. The van der Waals surface area contributed by atoms with Gasteiger partial charge in [-0.05, 0) is 66.5 Å². The number of para-hydroxylation sites is 2. The Kier molecular flexibility index (Phi) is 3.88. The third kappa shape index (κ3) is 2.60. The van der Waals surface area contributed by atoms with Gasteiger partial charge in [-0.15, -0.1) is 0 Å². The number of carbonyl (C=O) groups is 3. The highest BCUT2D eigenvalue weighted by Gasteiger charge is 2.67. The molecule has 4 aliphatic carbocycles. The third-order valence-corrected chi connectivity index (χ3v) is 7.41. The second-order valence-electron chi connectivity index (χ2n) is 8.87. The summed E-state index contributed by atoms with van der Waals surface area (Å²) in [5.41, 5.74) is 1.55. The summed E-state index contributed by atoms with van der Waals surface area (Å²) in [5.74, 6) is 1.22. The average Bonchev–Trinajstić information content (AvgIpc) is 3.58. The lowest BCUT2D eigenvalue weighted by Crippen LogP contribution is -2.40. The SMILES string of the molecule is COc1ccccc1NC(=O)c1ccc(N2C(=O)[C@@H]3[C@H]4C=C[C@@H]([C@@H]5C[C@H]45)[C@H]3C2=O)cc1. The van der Waals surface area contributed by atoms with E-state index in [9.17, 15) is 14.4 Å². The molecule has 1 saturated heterocycles. The standard InChI is InChI=1S/C25H22N2O4/c1-31-20-5-3-2-4-19(20)26-23(28)13-6-8-14(9-7-13)27-24(29)21-15-10-11-16(18-12-17(15)18)22(21)25(27)30/h2-11,15-18,21-22H,12H2,1H3,(H,26,28)/t15-,16-,17-,18+,21+,22+/m0/s1. The minimum absolute atomic E-state index is 0.0917. The van der Waals surface area contributed by atoms with Crippen molar-refractivity contribution in [2.45, 2.75) is 6.42 Å². The zero-order chi connectivity index (χ0) is 21.3. The van der Waals surface area contributed by atoms with Crippen LogP contribution in [0.2, 0.25) is 0 Å². The summed E-state index contributed by atoms with van der Waals surface area (Å²) in [7, 11) is 1.55. The number of nitrogens with one attached hydrogen (secondary N) is 1. The summed E-state index contributed by atoms with van der Waals surface area (Å²) >= 11 is 0. The number of hydrogen-bond acceptors (Lipinski definition) is 4. The first-order valence-electron chi connectivity index (χ1n) is 10.7. The zero-order valence-corrected chi connectivity index (χ0v) is 17.0. The van der Waals surface area contributed by atoms with Gasteiger partial charge in [0.2, 0.25) is 11.8 Å². The van der Waals surface area contributed by atoms with Crippen LogP contribution in [0.4, 0.5) is 11.4 Å². The molecule has 2 aromatic rings. The Morgan fingerprint density at radius 2 is 1.55 bits per heavy atom. The molecule has 1 N–H and O–H groups in total. The van der Waals surface area contributed by atoms with E-state index in [0.29, 0.717) is 34.5 Å². The van der Waals surface area contributed by atoms with Crippen LogP contribution in [0.25, 0.3) is 0 Å². The highest BCUT2D eigenvalue weighted by Crippen LogP contribution is 2.65. The largest absolute Gasteiger partial charge is 0.495 e. The minimum Gasteiger partial charge on any atom is -0.495 e. The van der Waals surface area contributed by atoms with Crippen LogP contribution in [0.3, 0.4) is 0 Å². The molecule has 6 heteroatoms. The molecule has 31 heavy (non-hydrogen) atoms. The first kappa shape index (κ1) is 18.4. The van der Waals surface area contributed by atoms with Gasteiger partial charge in [-0.3, -0.25) is 19.3 Å². The molecule has 2 saturated carbocycles. The van der Waals surface area contributed by atoms with Gasteiger partial charge < -0.3 is 10.1 Å². The highest BCUT2D eigenvalue weighted by molar-refractivity contribution is 6.22. The number of imide groups is 1. The lowest BCUT2D eigenvalue weighted by atomic mass is 9.63. The van der Waals surface area contributed by atoms with Crippen molar-refractivity contribution >= 4 is 29.1 Å². The normalized spacial score (nSPS) is 32.0. The van der Waals surface area contributed by atoms with Gasteiger partial charge in [-0.2, -0.15) is 0 Å². The number of ether oxygens (including phenoxy) is 1. The van der Waals surface area contributed by atoms with E-state index in [2.05, 4.69) is 17.5 Å². The fraction of sp³-hybridized carbons (Fsp3) is 0.320.